The molecule has 0 aromatic carbocycles. The van der Waals surface area contributed by atoms with E-state index >= 15 is 0 Å². The van der Waals surface area contributed by atoms with Gasteiger partial charge >= 0.3 is 0 Å². The maximum Gasteiger partial charge on any atom is 0.235 e. The summed E-state index contributed by atoms with van der Waals surface area (Å²) in [6.45, 7) is 1.72. The summed E-state index contributed by atoms with van der Waals surface area (Å²) in [5.74, 6) is 0.747. The van der Waals surface area contributed by atoms with E-state index < -0.39 is 16.0 Å². The van der Waals surface area contributed by atoms with Crippen LogP contribution >= 0.6 is 0 Å². The quantitative estimate of drug-likeness (QED) is 0.846. The second kappa shape index (κ2) is 6.85. The summed E-state index contributed by atoms with van der Waals surface area (Å²) in [5, 5.41) is 14.1. The van der Waals surface area contributed by atoms with Crippen molar-refractivity contribution in [1.29, 1.82) is 0 Å². The molecule has 7 nitrogen and oxygen atoms in total. The molecule has 0 spiro atoms. The highest BCUT2D eigenvalue weighted by molar-refractivity contribution is 7.85. The molecule has 1 aromatic rings. The molecule has 22 heavy (non-hydrogen) atoms. The van der Waals surface area contributed by atoms with E-state index in [4.69, 9.17) is 0 Å². The van der Waals surface area contributed by atoms with Crippen molar-refractivity contribution >= 4 is 16.7 Å². The second-order valence-corrected chi connectivity index (χ2v) is 8.04. The predicted molar refractivity (Wildman–Crippen MR) is 82.4 cm³/mol. The monoisotopic (exact) mass is 325 g/mol. The zero-order chi connectivity index (χ0) is 15.5. The first-order chi connectivity index (χ1) is 10.6. The van der Waals surface area contributed by atoms with E-state index in [-0.39, 0.29) is 17.7 Å². The molecule has 2 atom stereocenters. The normalized spacial score (nSPS) is 22.2. The number of carbonyl (C=O) groups excluding carboxylic acids is 1. The molecule has 0 aliphatic heterocycles. The minimum absolute atomic E-state index is 0.115. The van der Waals surface area contributed by atoms with E-state index in [2.05, 4.69) is 20.8 Å². The Morgan fingerprint density at radius 2 is 2.05 bits per heavy atom. The number of hydrogen-bond acceptors (Lipinski definition) is 5. The molecule has 0 radical (unpaired) electrons. The fraction of sp³-hybridized carbons (Fsp3) is 0.857. The zero-order valence-corrected chi connectivity index (χ0v) is 13.7. The van der Waals surface area contributed by atoms with Crippen LogP contribution in [0.4, 0.5) is 0 Å². The van der Waals surface area contributed by atoms with Crippen LogP contribution in [0.1, 0.15) is 63.7 Å². The Hall–Kier alpha value is -1.31. The Bertz CT molecular complexity index is 551. The number of hydrogen-bond donors (Lipinski definition) is 1. The first kappa shape index (κ1) is 15.6. The Labute approximate surface area is 132 Å². The smallest absolute Gasteiger partial charge is 0.235 e. The number of tetrazole rings is 1. The van der Waals surface area contributed by atoms with Crippen molar-refractivity contribution in [2.24, 2.45) is 0 Å². The summed E-state index contributed by atoms with van der Waals surface area (Å²) in [6.07, 6.45) is 7.79. The third-order valence-corrected chi connectivity index (χ3v) is 5.99. The van der Waals surface area contributed by atoms with Crippen molar-refractivity contribution in [3.8, 4) is 0 Å². The van der Waals surface area contributed by atoms with E-state index in [1.165, 1.54) is 19.3 Å². The number of rotatable bonds is 6. The molecular formula is C14H23N5O2S. The molecule has 1 amide bonds. The Kier molecular flexibility index (Phi) is 4.85. The van der Waals surface area contributed by atoms with E-state index in [1.807, 2.05) is 0 Å². The summed E-state index contributed by atoms with van der Waals surface area (Å²) in [4.78, 5) is 12.2. The molecule has 1 aromatic heterocycles. The minimum atomic E-state index is -1.30. The van der Waals surface area contributed by atoms with Gasteiger partial charge in [0.25, 0.3) is 0 Å². The first-order valence-corrected chi connectivity index (χ1v) is 9.47. The van der Waals surface area contributed by atoms with E-state index in [0.717, 1.165) is 25.7 Å². The average molecular weight is 325 g/mol. The fourth-order valence-electron chi connectivity index (χ4n) is 2.85. The molecule has 122 valence electrons. The van der Waals surface area contributed by atoms with Gasteiger partial charge in [0.05, 0.1) is 11.8 Å². The van der Waals surface area contributed by atoms with Crippen molar-refractivity contribution < 1.29 is 9.00 Å². The van der Waals surface area contributed by atoms with Crippen LogP contribution in [0.3, 0.4) is 0 Å². The molecule has 0 unspecified atom stereocenters. The van der Waals surface area contributed by atoms with Crippen LogP contribution in [-0.2, 0) is 21.3 Å². The van der Waals surface area contributed by atoms with E-state index in [1.54, 1.807) is 11.6 Å². The van der Waals surface area contributed by atoms with Crippen molar-refractivity contribution in [2.75, 3.05) is 0 Å². The molecule has 3 rings (SSSR count). The minimum Gasteiger partial charge on any atom is -0.352 e. The van der Waals surface area contributed by atoms with Crippen molar-refractivity contribution in [3.05, 3.63) is 5.82 Å². The van der Waals surface area contributed by atoms with Crippen molar-refractivity contribution in [3.63, 3.8) is 0 Å². The lowest BCUT2D eigenvalue weighted by Crippen LogP contribution is -2.43. The van der Waals surface area contributed by atoms with E-state index in [9.17, 15) is 9.00 Å². The summed E-state index contributed by atoms with van der Waals surface area (Å²) in [6, 6.07) is 0.603. The van der Waals surface area contributed by atoms with Gasteiger partial charge in [0.1, 0.15) is 5.25 Å². The highest BCUT2D eigenvalue weighted by Crippen LogP contribution is 2.34. The second-order valence-electron chi connectivity index (χ2n) is 6.28. The third kappa shape index (κ3) is 3.71. The van der Waals surface area contributed by atoms with Crippen molar-refractivity contribution in [1.82, 2.24) is 25.5 Å². The average Bonchev–Trinajstić information content (AvgIpc) is 3.27. The molecule has 1 N–H and O–H groups in total. The molecule has 2 aliphatic carbocycles. The van der Waals surface area contributed by atoms with Crippen LogP contribution in [-0.4, -0.2) is 41.6 Å². The molecule has 2 aliphatic rings. The van der Waals surface area contributed by atoms with Crippen LogP contribution in [0, 0.1) is 0 Å². The first-order valence-electron chi connectivity index (χ1n) is 8.09. The lowest BCUT2D eigenvalue weighted by molar-refractivity contribution is -0.121. The number of nitrogens with zero attached hydrogens (tertiary/aromatic N) is 4. The largest absolute Gasteiger partial charge is 0.352 e. The maximum absolute atomic E-state index is 12.4. The topological polar surface area (TPSA) is 89.8 Å². The Morgan fingerprint density at radius 1 is 1.32 bits per heavy atom. The van der Waals surface area contributed by atoms with Crippen molar-refractivity contribution in [2.45, 2.75) is 75.0 Å². The lowest BCUT2D eigenvalue weighted by Gasteiger charge is -2.24. The lowest BCUT2D eigenvalue weighted by atomic mass is 9.95. The number of nitrogens with one attached hydrogen (secondary N) is 1. The highest BCUT2D eigenvalue weighted by atomic mass is 32.2. The zero-order valence-electron chi connectivity index (χ0n) is 12.9. The van der Waals surface area contributed by atoms with Gasteiger partial charge in [0.2, 0.25) is 5.91 Å². The van der Waals surface area contributed by atoms with Crippen LogP contribution in [0.5, 0.6) is 0 Å². The van der Waals surface area contributed by atoms with E-state index in [0.29, 0.717) is 11.9 Å². The summed E-state index contributed by atoms with van der Waals surface area (Å²) < 4.78 is 14.2. The molecule has 1 heterocycles. The van der Waals surface area contributed by atoms with Gasteiger partial charge in [0.15, 0.2) is 5.82 Å². The Balaban J connectivity index is 1.54. The van der Waals surface area contributed by atoms with Gasteiger partial charge < -0.3 is 5.32 Å². The van der Waals surface area contributed by atoms with Gasteiger partial charge in [-0.3, -0.25) is 9.00 Å². The van der Waals surface area contributed by atoms with Crippen LogP contribution in [0.2, 0.25) is 0 Å². The molecule has 0 saturated heterocycles. The number of carbonyl (C=O) groups is 1. The van der Waals surface area contributed by atoms with Crippen LogP contribution < -0.4 is 5.32 Å². The molecular weight excluding hydrogens is 302 g/mol. The van der Waals surface area contributed by atoms with Crippen LogP contribution in [0.15, 0.2) is 0 Å². The standard InChI is InChI=1S/C14H23N5O2S/c1-10(14(20)15-11-5-3-2-4-6-11)22(21)9-13-16-17-18-19(13)12-7-8-12/h10-12H,2-9H2,1H3,(H,15,20)/t10-,22-/m1/s1. The molecule has 8 heteroatoms. The van der Waals surface area contributed by atoms with Gasteiger partial charge in [-0.15, -0.1) is 5.10 Å². The highest BCUT2D eigenvalue weighted by Gasteiger charge is 2.30. The molecule has 2 saturated carbocycles. The molecule has 2 fully saturated rings. The van der Waals surface area contributed by atoms with Gasteiger partial charge in [-0.25, -0.2) is 4.68 Å². The van der Waals surface area contributed by atoms with Crippen LogP contribution in [0.25, 0.3) is 0 Å². The summed E-state index contributed by atoms with van der Waals surface area (Å²) in [7, 11) is -1.30. The maximum atomic E-state index is 12.4. The summed E-state index contributed by atoms with van der Waals surface area (Å²) >= 11 is 0. The SMILES string of the molecule is C[C@H](C(=O)NC1CCCCC1)[S@](=O)Cc1nnnn1C1CC1. The van der Waals surface area contributed by atoms with Gasteiger partial charge in [0, 0.05) is 16.8 Å². The van der Waals surface area contributed by atoms with Gasteiger partial charge in [-0.2, -0.15) is 0 Å². The Morgan fingerprint density at radius 3 is 2.73 bits per heavy atom. The number of aromatic nitrogens is 4. The number of amides is 1. The fourth-order valence-corrected chi connectivity index (χ4v) is 3.85. The third-order valence-electron chi connectivity index (χ3n) is 4.44. The predicted octanol–water partition coefficient (Wildman–Crippen LogP) is 1.09. The molecule has 0 bridgehead atoms. The summed E-state index contributed by atoms with van der Waals surface area (Å²) in [5.41, 5.74) is 0. The van der Waals surface area contributed by atoms with Gasteiger partial charge in [-0.05, 0) is 43.0 Å². The van der Waals surface area contributed by atoms with Gasteiger partial charge in [-0.1, -0.05) is 19.3 Å².